The zero-order valence-electron chi connectivity index (χ0n) is 8.90. The van der Waals surface area contributed by atoms with Crippen LogP contribution in [0.4, 0.5) is 0 Å². The zero-order chi connectivity index (χ0) is 10.7. The molecular formula is C10H14N4O. The molecule has 2 aromatic heterocycles. The summed E-state index contributed by atoms with van der Waals surface area (Å²) in [5.74, 6) is 1.89. The Bertz CT molecular complexity index is 419. The van der Waals surface area contributed by atoms with E-state index in [9.17, 15) is 0 Å². The number of furan rings is 1. The molecule has 0 atom stereocenters. The smallest absolute Gasteiger partial charge is 0.137 e. The Morgan fingerprint density at radius 3 is 3.07 bits per heavy atom. The van der Waals surface area contributed by atoms with Gasteiger partial charge in [-0.1, -0.05) is 0 Å². The molecule has 0 aromatic carbocycles. The first-order valence-electron chi connectivity index (χ1n) is 4.85. The third-order valence-corrected chi connectivity index (χ3v) is 2.19. The first-order chi connectivity index (χ1) is 7.29. The predicted molar refractivity (Wildman–Crippen MR) is 55.3 cm³/mol. The lowest BCUT2D eigenvalue weighted by Gasteiger charge is -1.97. The average molecular weight is 206 g/mol. The van der Waals surface area contributed by atoms with E-state index < -0.39 is 0 Å². The van der Waals surface area contributed by atoms with E-state index in [1.807, 2.05) is 20.0 Å². The predicted octanol–water partition coefficient (Wildman–Crippen LogP) is 0.947. The second-order valence-electron chi connectivity index (χ2n) is 3.44. The van der Waals surface area contributed by atoms with Crippen molar-refractivity contribution in [3.8, 4) is 0 Å². The van der Waals surface area contributed by atoms with E-state index in [-0.39, 0.29) is 0 Å². The van der Waals surface area contributed by atoms with Crippen molar-refractivity contribution < 1.29 is 4.42 Å². The lowest BCUT2D eigenvalue weighted by Crippen LogP contribution is -2.04. The van der Waals surface area contributed by atoms with Gasteiger partial charge in [-0.05, 0) is 25.6 Å². The monoisotopic (exact) mass is 206 g/mol. The quantitative estimate of drug-likeness (QED) is 0.809. The molecule has 0 spiro atoms. The molecule has 2 rings (SSSR count). The van der Waals surface area contributed by atoms with Gasteiger partial charge in [0.1, 0.15) is 30.7 Å². The second-order valence-corrected chi connectivity index (χ2v) is 3.44. The Balaban J connectivity index is 2.12. The minimum Gasteiger partial charge on any atom is -0.462 e. The summed E-state index contributed by atoms with van der Waals surface area (Å²) in [6, 6.07) is 2.04. The van der Waals surface area contributed by atoms with Gasteiger partial charge in [0.2, 0.25) is 0 Å². The van der Waals surface area contributed by atoms with Gasteiger partial charge in [-0.15, -0.1) is 0 Å². The van der Waals surface area contributed by atoms with Crippen molar-refractivity contribution in [2.45, 2.75) is 20.0 Å². The first kappa shape index (κ1) is 9.92. The van der Waals surface area contributed by atoms with Gasteiger partial charge >= 0.3 is 0 Å². The van der Waals surface area contributed by atoms with Crippen LogP contribution in [0.3, 0.4) is 0 Å². The summed E-state index contributed by atoms with van der Waals surface area (Å²) in [7, 11) is 1.90. The Morgan fingerprint density at radius 2 is 2.40 bits per heavy atom. The number of nitrogens with zero attached hydrogens (tertiary/aromatic N) is 3. The topological polar surface area (TPSA) is 55.9 Å². The molecule has 0 fully saturated rings. The number of hydrogen-bond donors (Lipinski definition) is 1. The SMILES string of the molecule is CNCc1oc(Cn2cncn2)cc1C. The van der Waals surface area contributed by atoms with Crippen molar-refractivity contribution in [2.24, 2.45) is 0 Å². The highest BCUT2D eigenvalue weighted by Crippen LogP contribution is 2.14. The number of rotatable bonds is 4. The molecule has 0 aliphatic carbocycles. The minimum atomic E-state index is 0.630. The van der Waals surface area contributed by atoms with Gasteiger partial charge in [0.15, 0.2) is 0 Å². The molecule has 0 saturated carbocycles. The van der Waals surface area contributed by atoms with Gasteiger partial charge in [-0.2, -0.15) is 5.10 Å². The first-order valence-corrected chi connectivity index (χ1v) is 4.85. The Morgan fingerprint density at radius 1 is 1.53 bits per heavy atom. The van der Waals surface area contributed by atoms with Crippen molar-refractivity contribution >= 4 is 0 Å². The summed E-state index contributed by atoms with van der Waals surface area (Å²) >= 11 is 0. The standard InChI is InChI=1S/C10H14N4O/c1-8-3-9(15-10(8)4-11-2)5-14-7-12-6-13-14/h3,6-7,11H,4-5H2,1-2H3. The van der Waals surface area contributed by atoms with Crippen molar-refractivity contribution in [1.29, 1.82) is 0 Å². The van der Waals surface area contributed by atoms with Gasteiger partial charge in [-0.3, -0.25) is 0 Å². The molecule has 5 heteroatoms. The maximum absolute atomic E-state index is 5.68. The molecule has 2 heterocycles. The summed E-state index contributed by atoms with van der Waals surface area (Å²) in [5.41, 5.74) is 1.17. The van der Waals surface area contributed by atoms with Crippen molar-refractivity contribution in [2.75, 3.05) is 7.05 Å². The lowest BCUT2D eigenvalue weighted by atomic mass is 10.2. The van der Waals surface area contributed by atoms with Crippen LogP contribution in [0.15, 0.2) is 23.1 Å². The number of nitrogens with one attached hydrogen (secondary N) is 1. The van der Waals surface area contributed by atoms with Gasteiger partial charge in [-0.25, -0.2) is 9.67 Å². The number of hydrogen-bond acceptors (Lipinski definition) is 4. The summed E-state index contributed by atoms with van der Waals surface area (Å²) in [4.78, 5) is 3.88. The molecule has 0 aliphatic heterocycles. The molecule has 15 heavy (non-hydrogen) atoms. The molecule has 1 N–H and O–H groups in total. The molecule has 0 radical (unpaired) electrons. The maximum Gasteiger partial charge on any atom is 0.137 e. The minimum absolute atomic E-state index is 0.630. The average Bonchev–Trinajstić information content (AvgIpc) is 2.79. The van der Waals surface area contributed by atoms with E-state index in [1.54, 1.807) is 11.0 Å². The highest BCUT2D eigenvalue weighted by molar-refractivity contribution is 5.20. The molecule has 2 aromatic rings. The largest absolute Gasteiger partial charge is 0.462 e. The second kappa shape index (κ2) is 4.27. The van der Waals surface area contributed by atoms with E-state index in [0.717, 1.165) is 18.1 Å². The van der Waals surface area contributed by atoms with Gasteiger partial charge < -0.3 is 9.73 Å². The molecule has 80 valence electrons. The summed E-state index contributed by atoms with van der Waals surface area (Å²) < 4.78 is 7.41. The van der Waals surface area contributed by atoms with E-state index in [1.165, 1.54) is 11.9 Å². The third kappa shape index (κ3) is 2.24. The Labute approximate surface area is 88.1 Å². The van der Waals surface area contributed by atoms with Crippen molar-refractivity contribution in [3.63, 3.8) is 0 Å². The molecule has 0 unspecified atom stereocenters. The molecular weight excluding hydrogens is 192 g/mol. The summed E-state index contributed by atoms with van der Waals surface area (Å²) in [6.45, 7) is 3.43. The Hall–Kier alpha value is -1.62. The van der Waals surface area contributed by atoms with E-state index in [4.69, 9.17) is 4.42 Å². The molecule has 5 nitrogen and oxygen atoms in total. The fourth-order valence-corrected chi connectivity index (χ4v) is 1.48. The zero-order valence-corrected chi connectivity index (χ0v) is 8.90. The van der Waals surface area contributed by atoms with Gasteiger partial charge in [0.25, 0.3) is 0 Å². The van der Waals surface area contributed by atoms with Crippen LogP contribution in [-0.4, -0.2) is 21.8 Å². The molecule has 0 aliphatic rings. The number of aromatic nitrogens is 3. The van der Waals surface area contributed by atoms with Crippen molar-refractivity contribution in [1.82, 2.24) is 20.1 Å². The summed E-state index contributed by atoms with van der Waals surface area (Å²) in [6.07, 6.45) is 3.19. The van der Waals surface area contributed by atoms with Gasteiger partial charge in [0.05, 0.1) is 6.54 Å². The van der Waals surface area contributed by atoms with E-state index in [2.05, 4.69) is 15.4 Å². The maximum atomic E-state index is 5.68. The van der Waals surface area contributed by atoms with Crippen molar-refractivity contribution in [3.05, 3.63) is 35.8 Å². The van der Waals surface area contributed by atoms with E-state index in [0.29, 0.717) is 6.54 Å². The van der Waals surface area contributed by atoms with Crippen LogP contribution in [-0.2, 0) is 13.1 Å². The highest BCUT2D eigenvalue weighted by Gasteiger charge is 2.07. The summed E-state index contributed by atoms with van der Waals surface area (Å²) in [5, 5.41) is 7.09. The molecule has 0 amide bonds. The van der Waals surface area contributed by atoms with E-state index >= 15 is 0 Å². The molecule has 0 saturated heterocycles. The fourth-order valence-electron chi connectivity index (χ4n) is 1.48. The van der Waals surface area contributed by atoms with Crippen LogP contribution >= 0.6 is 0 Å². The fraction of sp³-hybridized carbons (Fsp3) is 0.400. The van der Waals surface area contributed by atoms with Gasteiger partial charge in [0, 0.05) is 0 Å². The Kier molecular flexibility index (Phi) is 2.82. The highest BCUT2D eigenvalue weighted by atomic mass is 16.3. The lowest BCUT2D eigenvalue weighted by molar-refractivity contribution is 0.434. The van der Waals surface area contributed by atoms with Crippen LogP contribution in [0.25, 0.3) is 0 Å². The van der Waals surface area contributed by atoms with Crippen LogP contribution in [0.1, 0.15) is 17.1 Å². The van der Waals surface area contributed by atoms with Crippen LogP contribution < -0.4 is 5.32 Å². The van der Waals surface area contributed by atoms with Crippen LogP contribution in [0.2, 0.25) is 0 Å². The number of aryl methyl sites for hydroxylation is 1. The normalized spacial score (nSPS) is 10.8. The van der Waals surface area contributed by atoms with Crippen LogP contribution in [0.5, 0.6) is 0 Å². The third-order valence-electron chi connectivity index (χ3n) is 2.19. The van der Waals surface area contributed by atoms with Crippen LogP contribution in [0, 0.1) is 6.92 Å². The molecule has 0 bridgehead atoms.